The highest BCUT2D eigenvalue weighted by Gasteiger charge is 1.92. The molecule has 7 nitrogen and oxygen atoms in total. The fourth-order valence-corrected chi connectivity index (χ4v) is 0.669. The van der Waals surface area contributed by atoms with Gasteiger partial charge in [0.15, 0.2) is 5.11 Å². The molecule has 0 aliphatic rings. The van der Waals surface area contributed by atoms with E-state index in [9.17, 15) is 0 Å². The fourth-order valence-electron chi connectivity index (χ4n) is 0.380. The first kappa shape index (κ1) is 15.1. The molecule has 0 unspecified atom stereocenters. The Balaban J connectivity index is 0. The van der Waals surface area contributed by atoms with Gasteiger partial charge in [-0.05, 0) is 26.1 Å². The van der Waals surface area contributed by atoms with E-state index in [2.05, 4.69) is 15.7 Å². The SMILES string of the molecule is CC(C)NC(=S)N=CNN.O=C(O)O. The number of nitrogens with one attached hydrogen (secondary N) is 2. The van der Waals surface area contributed by atoms with Crippen LogP contribution in [0.2, 0.25) is 0 Å². The third-order valence-electron chi connectivity index (χ3n) is 0.668. The first-order valence-corrected chi connectivity index (χ1v) is 4.02. The summed E-state index contributed by atoms with van der Waals surface area (Å²) >= 11 is 4.79. The van der Waals surface area contributed by atoms with Crippen molar-refractivity contribution in [1.29, 1.82) is 0 Å². The van der Waals surface area contributed by atoms with Crippen LogP contribution >= 0.6 is 12.2 Å². The Morgan fingerprint density at radius 1 is 1.57 bits per heavy atom. The minimum Gasteiger partial charge on any atom is -0.450 e. The van der Waals surface area contributed by atoms with E-state index in [-0.39, 0.29) is 0 Å². The maximum absolute atomic E-state index is 8.56. The molecule has 0 bridgehead atoms. The highest BCUT2D eigenvalue weighted by atomic mass is 32.1. The van der Waals surface area contributed by atoms with Crippen LogP contribution < -0.4 is 16.6 Å². The zero-order valence-electron chi connectivity index (χ0n) is 7.89. The van der Waals surface area contributed by atoms with E-state index in [0.29, 0.717) is 11.2 Å². The van der Waals surface area contributed by atoms with Gasteiger partial charge in [-0.1, -0.05) is 0 Å². The topological polar surface area (TPSA) is 120 Å². The van der Waals surface area contributed by atoms with Crippen molar-refractivity contribution in [1.82, 2.24) is 10.7 Å². The molecule has 82 valence electrons. The molecule has 0 amide bonds. The van der Waals surface area contributed by atoms with E-state index >= 15 is 0 Å². The fraction of sp³-hybridized carbons (Fsp3) is 0.500. The summed E-state index contributed by atoms with van der Waals surface area (Å²) < 4.78 is 0. The lowest BCUT2D eigenvalue weighted by molar-refractivity contribution is 0.137. The predicted octanol–water partition coefficient (Wildman–Crippen LogP) is -0.0167. The normalized spacial score (nSPS) is 9.14. The minimum atomic E-state index is -1.83. The second kappa shape index (κ2) is 9.68. The third-order valence-corrected chi connectivity index (χ3v) is 0.892. The Labute approximate surface area is 87.0 Å². The minimum absolute atomic E-state index is 0.308. The van der Waals surface area contributed by atoms with Gasteiger partial charge in [0.25, 0.3) is 0 Å². The molecule has 0 saturated carbocycles. The van der Waals surface area contributed by atoms with Crippen molar-refractivity contribution in [2.75, 3.05) is 0 Å². The van der Waals surface area contributed by atoms with Crippen LogP contribution in [0.1, 0.15) is 13.8 Å². The number of rotatable bonds is 2. The van der Waals surface area contributed by atoms with Crippen molar-refractivity contribution < 1.29 is 15.0 Å². The van der Waals surface area contributed by atoms with Gasteiger partial charge >= 0.3 is 6.16 Å². The Hall–Kier alpha value is -1.41. The second-order valence-electron chi connectivity index (χ2n) is 2.31. The summed E-state index contributed by atoms with van der Waals surface area (Å²) in [4.78, 5) is 12.3. The first-order valence-electron chi connectivity index (χ1n) is 3.61. The summed E-state index contributed by atoms with van der Waals surface area (Å²) in [7, 11) is 0. The monoisotopic (exact) mass is 222 g/mol. The van der Waals surface area contributed by atoms with Crippen molar-refractivity contribution in [3.63, 3.8) is 0 Å². The molecular weight excluding hydrogens is 208 g/mol. The highest BCUT2D eigenvalue weighted by molar-refractivity contribution is 7.80. The molecule has 0 aromatic rings. The highest BCUT2D eigenvalue weighted by Crippen LogP contribution is 1.79. The Bertz CT molecular complexity index is 203. The zero-order valence-corrected chi connectivity index (χ0v) is 8.71. The van der Waals surface area contributed by atoms with Crippen molar-refractivity contribution >= 4 is 29.8 Å². The van der Waals surface area contributed by atoms with Crippen LogP contribution in [0.15, 0.2) is 4.99 Å². The Kier molecular flexibility index (Phi) is 10.4. The predicted molar refractivity (Wildman–Crippen MR) is 57.3 cm³/mol. The van der Waals surface area contributed by atoms with Crippen LogP contribution in [-0.2, 0) is 0 Å². The number of carbonyl (C=O) groups is 1. The molecule has 0 fully saturated rings. The number of hydrogen-bond acceptors (Lipinski definition) is 3. The van der Waals surface area contributed by atoms with E-state index in [1.54, 1.807) is 0 Å². The summed E-state index contributed by atoms with van der Waals surface area (Å²) in [6.07, 6.45) is -0.502. The van der Waals surface area contributed by atoms with Gasteiger partial charge in [0, 0.05) is 6.04 Å². The Morgan fingerprint density at radius 3 is 2.29 bits per heavy atom. The van der Waals surface area contributed by atoms with Gasteiger partial charge in [-0.25, -0.2) is 15.6 Å². The summed E-state index contributed by atoms with van der Waals surface area (Å²) in [5.74, 6) is 4.92. The van der Waals surface area contributed by atoms with Crippen LogP contribution in [0, 0.1) is 0 Å². The van der Waals surface area contributed by atoms with Gasteiger partial charge in [0.05, 0.1) is 0 Å². The maximum atomic E-state index is 8.56. The molecule has 8 heteroatoms. The summed E-state index contributed by atoms with van der Waals surface area (Å²) in [6.45, 7) is 3.97. The quantitative estimate of drug-likeness (QED) is 0.146. The Morgan fingerprint density at radius 2 is 2.00 bits per heavy atom. The first-order chi connectivity index (χ1) is 6.40. The molecule has 6 N–H and O–H groups in total. The number of aliphatic imine (C=N–C) groups is 1. The van der Waals surface area contributed by atoms with Gasteiger partial charge in [-0.15, -0.1) is 0 Å². The largest absolute Gasteiger partial charge is 0.503 e. The number of hydrogen-bond donors (Lipinski definition) is 5. The molecule has 0 aliphatic heterocycles. The number of thiocarbonyl (C=S) groups is 1. The lowest BCUT2D eigenvalue weighted by Crippen LogP contribution is -2.29. The van der Waals surface area contributed by atoms with E-state index in [1.807, 2.05) is 13.8 Å². The van der Waals surface area contributed by atoms with E-state index < -0.39 is 6.16 Å². The maximum Gasteiger partial charge on any atom is 0.503 e. The molecule has 0 aromatic heterocycles. The van der Waals surface area contributed by atoms with Crippen molar-refractivity contribution in [2.24, 2.45) is 10.8 Å². The molecular formula is C6H14N4O3S. The van der Waals surface area contributed by atoms with Crippen LogP contribution in [0.5, 0.6) is 0 Å². The van der Waals surface area contributed by atoms with Gasteiger partial charge in [0.2, 0.25) is 0 Å². The molecule has 14 heavy (non-hydrogen) atoms. The van der Waals surface area contributed by atoms with E-state index in [0.717, 1.165) is 0 Å². The van der Waals surface area contributed by atoms with Gasteiger partial charge in [0.1, 0.15) is 6.34 Å². The molecule has 0 saturated heterocycles. The van der Waals surface area contributed by atoms with Crippen LogP contribution in [-0.4, -0.2) is 33.9 Å². The molecule has 0 spiro atoms. The smallest absolute Gasteiger partial charge is 0.450 e. The third kappa shape index (κ3) is 22.4. The lowest BCUT2D eigenvalue weighted by atomic mass is 10.4. The van der Waals surface area contributed by atoms with Crippen molar-refractivity contribution in [2.45, 2.75) is 19.9 Å². The van der Waals surface area contributed by atoms with Gasteiger partial charge in [-0.3, -0.25) is 0 Å². The van der Waals surface area contributed by atoms with E-state index in [1.165, 1.54) is 6.34 Å². The lowest BCUT2D eigenvalue weighted by Gasteiger charge is -2.05. The van der Waals surface area contributed by atoms with E-state index in [4.69, 9.17) is 33.1 Å². The van der Waals surface area contributed by atoms with Gasteiger partial charge < -0.3 is 21.0 Å². The molecule has 0 aromatic carbocycles. The summed E-state index contributed by atoms with van der Waals surface area (Å²) in [5, 5.41) is 17.3. The number of hydrazine groups is 1. The number of carboxylic acid groups (broad SMARTS) is 2. The molecule has 0 aliphatic carbocycles. The second-order valence-corrected chi connectivity index (χ2v) is 2.70. The van der Waals surface area contributed by atoms with Crippen molar-refractivity contribution in [3.8, 4) is 0 Å². The number of nitrogens with zero attached hydrogens (tertiary/aromatic N) is 1. The summed E-state index contributed by atoms with van der Waals surface area (Å²) in [6, 6.07) is 0.308. The van der Waals surface area contributed by atoms with Gasteiger partial charge in [-0.2, -0.15) is 0 Å². The van der Waals surface area contributed by atoms with Crippen molar-refractivity contribution in [3.05, 3.63) is 0 Å². The van der Waals surface area contributed by atoms with Crippen LogP contribution in [0.3, 0.4) is 0 Å². The molecule has 0 heterocycles. The zero-order chi connectivity index (χ0) is 11.6. The standard InChI is InChI=1S/C5H12N4S.CH2O3/c1-4(2)9-5(10)7-3-8-6;2-1(3)4/h3-4H,6H2,1-2H3,(H2,7,8,9,10);(H2,2,3,4). The van der Waals surface area contributed by atoms with Crippen LogP contribution in [0.25, 0.3) is 0 Å². The van der Waals surface area contributed by atoms with Crippen LogP contribution in [0.4, 0.5) is 4.79 Å². The molecule has 0 radical (unpaired) electrons. The average molecular weight is 222 g/mol. The number of nitrogens with two attached hydrogens (primary N) is 1. The molecule has 0 rings (SSSR count). The molecule has 0 atom stereocenters. The average Bonchev–Trinajstić information content (AvgIpc) is 1.98. The summed E-state index contributed by atoms with van der Waals surface area (Å²) in [5.41, 5.74) is 2.25.